The van der Waals surface area contributed by atoms with E-state index < -0.39 is 6.10 Å². The molecule has 2 N–H and O–H groups in total. The van der Waals surface area contributed by atoms with Crippen molar-refractivity contribution >= 4 is 11.5 Å². The van der Waals surface area contributed by atoms with Crippen molar-refractivity contribution in [1.82, 2.24) is 9.88 Å². The van der Waals surface area contributed by atoms with E-state index in [1.807, 2.05) is 0 Å². The summed E-state index contributed by atoms with van der Waals surface area (Å²) in [6.45, 7) is 2.40. The zero-order valence-corrected chi connectivity index (χ0v) is 10.2. The van der Waals surface area contributed by atoms with Crippen LogP contribution >= 0.6 is 0 Å². The Hall–Kier alpha value is -1.46. The molecule has 0 aromatic carbocycles. The van der Waals surface area contributed by atoms with Crippen LogP contribution in [0.25, 0.3) is 0 Å². The molecule has 0 radical (unpaired) electrons. The molecule has 2 saturated heterocycles. The first-order valence-corrected chi connectivity index (χ1v) is 6.35. The van der Waals surface area contributed by atoms with Crippen LogP contribution in [0.5, 0.6) is 0 Å². The predicted molar refractivity (Wildman–Crippen MR) is 67.3 cm³/mol. The third-order valence-electron chi connectivity index (χ3n) is 3.80. The van der Waals surface area contributed by atoms with Gasteiger partial charge in [0, 0.05) is 30.7 Å². The lowest BCUT2D eigenvalue weighted by Crippen LogP contribution is -2.49. The van der Waals surface area contributed by atoms with Crippen LogP contribution in [-0.4, -0.2) is 47.5 Å². The minimum Gasteiger partial charge on any atom is -0.398 e. The standard InChI is InChI=1S/C13H17N3O2/c14-11-3-4-15-6-10(11)13(17)12-7-16-5-1-2-9(16)8-18-12/h3-4,6,9,12H,1-2,5,7-8H2,(H2,14,15). The number of anilines is 1. The summed E-state index contributed by atoms with van der Waals surface area (Å²) >= 11 is 0. The second kappa shape index (κ2) is 4.66. The maximum Gasteiger partial charge on any atom is 0.196 e. The summed E-state index contributed by atoms with van der Waals surface area (Å²) in [5, 5.41) is 0. The van der Waals surface area contributed by atoms with E-state index in [-0.39, 0.29) is 5.78 Å². The number of morpholine rings is 1. The third kappa shape index (κ3) is 2.00. The zero-order valence-electron chi connectivity index (χ0n) is 10.2. The molecule has 0 bridgehead atoms. The largest absolute Gasteiger partial charge is 0.398 e. The maximum absolute atomic E-state index is 12.3. The Morgan fingerprint density at radius 2 is 2.44 bits per heavy atom. The minimum atomic E-state index is -0.397. The Bertz CT molecular complexity index is 463. The van der Waals surface area contributed by atoms with Crippen molar-refractivity contribution < 1.29 is 9.53 Å². The van der Waals surface area contributed by atoms with E-state index in [1.165, 1.54) is 19.0 Å². The van der Waals surface area contributed by atoms with Gasteiger partial charge in [0.25, 0.3) is 0 Å². The molecule has 5 heteroatoms. The molecule has 1 aromatic rings. The van der Waals surface area contributed by atoms with Crippen LogP contribution in [0.4, 0.5) is 5.69 Å². The topological polar surface area (TPSA) is 68.5 Å². The van der Waals surface area contributed by atoms with Crippen LogP contribution in [0.3, 0.4) is 0 Å². The highest BCUT2D eigenvalue weighted by molar-refractivity contribution is 6.03. The van der Waals surface area contributed by atoms with Gasteiger partial charge in [0.15, 0.2) is 5.78 Å². The molecule has 0 amide bonds. The minimum absolute atomic E-state index is 0.0500. The average molecular weight is 247 g/mol. The Morgan fingerprint density at radius 3 is 3.28 bits per heavy atom. The van der Waals surface area contributed by atoms with E-state index in [0.717, 1.165) is 6.54 Å². The van der Waals surface area contributed by atoms with E-state index in [1.54, 1.807) is 12.3 Å². The summed E-state index contributed by atoms with van der Waals surface area (Å²) in [5.41, 5.74) is 6.75. The molecule has 0 spiro atoms. The normalized spacial score (nSPS) is 28.0. The molecule has 96 valence electrons. The second-order valence-corrected chi connectivity index (χ2v) is 4.94. The Balaban J connectivity index is 1.75. The van der Waals surface area contributed by atoms with Crippen LogP contribution < -0.4 is 5.73 Å². The first-order chi connectivity index (χ1) is 8.75. The molecule has 18 heavy (non-hydrogen) atoms. The van der Waals surface area contributed by atoms with Crippen molar-refractivity contribution in [3.05, 3.63) is 24.0 Å². The fourth-order valence-electron chi connectivity index (χ4n) is 2.76. The summed E-state index contributed by atoms with van der Waals surface area (Å²) in [7, 11) is 0. The molecular weight excluding hydrogens is 230 g/mol. The zero-order chi connectivity index (χ0) is 12.5. The Kier molecular flexibility index (Phi) is 3.01. The lowest BCUT2D eigenvalue weighted by molar-refractivity contribution is -0.0344. The fraction of sp³-hybridized carbons (Fsp3) is 0.538. The Morgan fingerprint density at radius 1 is 1.56 bits per heavy atom. The number of nitrogen functional groups attached to an aromatic ring is 1. The number of ether oxygens (including phenoxy) is 1. The third-order valence-corrected chi connectivity index (χ3v) is 3.80. The maximum atomic E-state index is 12.3. The molecule has 0 saturated carbocycles. The van der Waals surface area contributed by atoms with Crippen LogP contribution in [0.1, 0.15) is 23.2 Å². The summed E-state index contributed by atoms with van der Waals surface area (Å²) in [6, 6.07) is 2.15. The molecule has 3 rings (SSSR count). The quantitative estimate of drug-likeness (QED) is 0.779. The van der Waals surface area contributed by atoms with Crippen LogP contribution in [-0.2, 0) is 4.74 Å². The number of pyridine rings is 1. The Labute approximate surface area is 106 Å². The van der Waals surface area contributed by atoms with Crippen molar-refractivity contribution in [3.63, 3.8) is 0 Å². The number of fused-ring (bicyclic) bond motifs is 1. The van der Waals surface area contributed by atoms with Gasteiger partial charge in [-0.15, -0.1) is 0 Å². The van der Waals surface area contributed by atoms with E-state index >= 15 is 0 Å². The van der Waals surface area contributed by atoms with Gasteiger partial charge in [-0.1, -0.05) is 0 Å². The molecule has 0 aliphatic carbocycles. The van der Waals surface area contributed by atoms with Crippen LogP contribution in [0.15, 0.2) is 18.5 Å². The molecule has 2 unspecified atom stereocenters. The molecular formula is C13H17N3O2. The number of carbonyl (C=O) groups is 1. The number of nitrogens with zero attached hydrogens (tertiary/aromatic N) is 2. The molecule has 2 aliphatic heterocycles. The van der Waals surface area contributed by atoms with Crippen molar-refractivity contribution in [2.75, 3.05) is 25.4 Å². The van der Waals surface area contributed by atoms with Crippen LogP contribution in [0, 0.1) is 0 Å². The molecule has 2 atom stereocenters. The number of ketones is 1. The molecule has 3 heterocycles. The van der Waals surface area contributed by atoms with Crippen molar-refractivity contribution in [3.8, 4) is 0 Å². The molecule has 5 nitrogen and oxygen atoms in total. The number of rotatable bonds is 2. The van der Waals surface area contributed by atoms with Gasteiger partial charge in [0.1, 0.15) is 6.10 Å². The lowest BCUT2D eigenvalue weighted by atomic mass is 10.0. The van der Waals surface area contributed by atoms with Gasteiger partial charge in [-0.2, -0.15) is 0 Å². The first-order valence-electron chi connectivity index (χ1n) is 6.35. The van der Waals surface area contributed by atoms with E-state index in [4.69, 9.17) is 10.5 Å². The first kappa shape index (κ1) is 11.6. The predicted octanol–water partition coefficient (Wildman–Crippen LogP) is 0.710. The summed E-state index contributed by atoms with van der Waals surface area (Å²) in [4.78, 5) is 18.6. The van der Waals surface area contributed by atoms with Gasteiger partial charge in [-0.05, 0) is 25.5 Å². The van der Waals surface area contributed by atoms with Gasteiger partial charge in [-0.3, -0.25) is 14.7 Å². The van der Waals surface area contributed by atoms with Crippen molar-refractivity contribution in [1.29, 1.82) is 0 Å². The second-order valence-electron chi connectivity index (χ2n) is 4.94. The van der Waals surface area contributed by atoms with E-state index in [2.05, 4.69) is 9.88 Å². The number of aromatic nitrogens is 1. The van der Waals surface area contributed by atoms with Crippen molar-refractivity contribution in [2.24, 2.45) is 0 Å². The van der Waals surface area contributed by atoms with Gasteiger partial charge in [0.05, 0.1) is 12.2 Å². The number of hydrogen-bond donors (Lipinski definition) is 1. The highest BCUT2D eigenvalue weighted by Crippen LogP contribution is 2.24. The molecule has 2 aliphatic rings. The lowest BCUT2D eigenvalue weighted by Gasteiger charge is -2.34. The van der Waals surface area contributed by atoms with E-state index in [9.17, 15) is 4.79 Å². The van der Waals surface area contributed by atoms with Gasteiger partial charge >= 0.3 is 0 Å². The average Bonchev–Trinajstić information content (AvgIpc) is 2.85. The van der Waals surface area contributed by atoms with Gasteiger partial charge in [0.2, 0.25) is 0 Å². The number of Topliss-reactive ketones (excluding diaryl/α,β-unsaturated/α-hetero) is 1. The molecule has 2 fully saturated rings. The van der Waals surface area contributed by atoms with Crippen LogP contribution in [0.2, 0.25) is 0 Å². The smallest absolute Gasteiger partial charge is 0.196 e. The monoisotopic (exact) mass is 247 g/mol. The highest BCUT2D eigenvalue weighted by atomic mass is 16.5. The van der Waals surface area contributed by atoms with E-state index in [0.29, 0.717) is 30.4 Å². The summed E-state index contributed by atoms with van der Waals surface area (Å²) in [6.07, 6.45) is 5.09. The van der Waals surface area contributed by atoms with Gasteiger partial charge < -0.3 is 10.5 Å². The summed E-state index contributed by atoms with van der Waals surface area (Å²) < 4.78 is 5.69. The number of nitrogens with two attached hydrogens (primary N) is 1. The van der Waals surface area contributed by atoms with Gasteiger partial charge in [-0.25, -0.2) is 0 Å². The summed E-state index contributed by atoms with van der Waals surface area (Å²) in [5.74, 6) is -0.0500. The number of carbonyl (C=O) groups excluding carboxylic acids is 1. The molecule has 1 aromatic heterocycles. The number of hydrogen-bond acceptors (Lipinski definition) is 5. The fourth-order valence-corrected chi connectivity index (χ4v) is 2.76. The van der Waals surface area contributed by atoms with Crippen molar-refractivity contribution in [2.45, 2.75) is 25.0 Å². The highest BCUT2D eigenvalue weighted by Gasteiger charge is 2.36. The SMILES string of the molecule is Nc1ccncc1C(=O)C1CN2CCCC2CO1.